The molecule has 0 radical (unpaired) electrons. The van der Waals surface area contributed by atoms with Gasteiger partial charge in [0.1, 0.15) is 0 Å². The van der Waals surface area contributed by atoms with Crippen LogP contribution in [0.3, 0.4) is 0 Å². The number of carbonyl (C=O) groups is 2. The van der Waals surface area contributed by atoms with Gasteiger partial charge in [0.15, 0.2) is 0 Å². The van der Waals surface area contributed by atoms with E-state index in [-0.39, 0.29) is 17.1 Å². The summed E-state index contributed by atoms with van der Waals surface area (Å²) in [6.07, 6.45) is 0.720. The Labute approximate surface area is 127 Å². The number of benzene rings is 2. The average molecular weight is 297 g/mol. The molecular formula is C17H15NO2S. The zero-order valence-electron chi connectivity index (χ0n) is 11.4. The zero-order chi connectivity index (χ0) is 14.7. The van der Waals surface area contributed by atoms with Gasteiger partial charge in [0.2, 0.25) is 5.12 Å². The molecule has 3 nitrogen and oxygen atoms in total. The van der Waals surface area contributed by atoms with E-state index < -0.39 is 0 Å². The van der Waals surface area contributed by atoms with Crippen LogP contribution in [0.4, 0.5) is 0 Å². The Hall–Kier alpha value is -2.07. The van der Waals surface area contributed by atoms with E-state index in [0.717, 1.165) is 23.3 Å². The van der Waals surface area contributed by atoms with Crippen molar-refractivity contribution in [3.8, 4) is 11.1 Å². The fourth-order valence-electron chi connectivity index (χ4n) is 2.31. The standard InChI is InChI=1S/C17H15NO2S/c19-16(18-15-10-11-21-17(15)20)14-8-6-13(7-9-14)12-4-2-1-3-5-12/h1-9,15H,10-11H2,(H,18,19)/t15-/m0/s1. The predicted octanol–water partition coefficient (Wildman–Crippen LogP) is 3.12. The van der Waals surface area contributed by atoms with Gasteiger partial charge in [-0.2, -0.15) is 0 Å². The van der Waals surface area contributed by atoms with E-state index in [0.29, 0.717) is 5.56 Å². The van der Waals surface area contributed by atoms with E-state index in [2.05, 4.69) is 5.32 Å². The van der Waals surface area contributed by atoms with E-state index in [4.69, 9.17) is 0 Å². The maximum atomic E-state index is 12.1. The third-order valence-corrected chi connectivity index (χ3v) is 4.50. The van der Waals surface area contributed by atoms with Gasteiger partial charge in [0.25, 0.3) is 5.91 Å². The quantitative estimate of drug-likeness (QED) is 0.947. The molecular weight excluding hydrogens is 282 g/mol. The second-order valence-corrected chi connectivity index (χ2v) is 6.02. The van der Waals surface area contributed by atoms with E-state index >= 15 is 0 Å². The van der Waals surface area contributed by atoms with Crippen LogP contribution in [-0.2, 0) is 4.79 Å². The van der Waals surface area contributed by atoms with Crippen molar-refractivity contribution >= 4 is 22.8 Å². The lowest BCUT2D eigenvalue weighted by Gasteiger charge is -2.10. The van der Waals surface area contributed by atoms with Crippen LogP contribution in [0.1, 0.15) is 16.8 Å². The minimum Gasteiger partial charge on any atom is -0.341 e. The first kappa shape index (κ1) is 13.9. The summed E-state index contributed by atoms with van der Waals surface area (Å²) >= 11 is 1.29. The zero-order valence-corrected chi connectivity index (χ0v) is 12.2. The van der Waals surface area contributed by atoms with Crippen LogP contribution in [-0.4, -0.2) is 22.8 Å². The van der Waals surface area contributed by atoms with Crippen LogP contribution in [0.2, 0.25) is 0 Å². The fourth-order valence-corrected chi connectivity index (χ4v) is 3.25. The number of hydrogen-bond acceptors (Lipinski definition) is 3. The highest BCUT2D eigenvalue weighted by Gasteiger charge is 2.26. The third kappa shape index (κ3) is 3.16. The Morgan fingerprint density at radius 2 is 1.67 bits per heavy atom. The summed E-state index contributed by atoms with van der Waals surface area (Å²) in [5, 5.41) is 2.85. The van der Waals surface area contributed by atoms with Crippen molar-refractivity contribution in [2.24, 2.45) is 0 Å². The van der Waals surface area contributed by atoms with Crippen LogP contribution in [0.15, 0.2) is 54.6 Å². The summed E-state index contributed by atoms with van der Waals surface area (Å²) in [6.45, 7) is 0. The number of nitrogens with one attached hydrogen (secondary N) is 1. The van der Waals surface area contributed by atoms with Crippen molar-refractivity contribution in [3.05, 3.63) is 60.2 Å². The molecule has 0 saturated carbocycles. The van der Waals surface area contributed by atoms with Gasteiger partial charge in [-0.1, -0.05) is 54.2 Å². The Balaban J connectivity index is 1.72. The summed E-state index contributed by atoms with van der Waals surface area (Å²) < 4.78 is 0. The highest BCUT2D eigenvalue weighted by molar-refractivity contribution is 8.14. The molecule has 1 aliphatic heterocycles. The third-order valence-electron chi connectivity index (χ3n) is 3.49. The SMILES string of the molecule is O=C(N[C@H]1CCSC1=O)c1ccc(-c2ccccc2)cc1. The minimum atomic E-state index is -0.337. The van der Waals surface area contributed by atoms with Gasteiger partial charge in [-0.05, 0) is 29.7 Å². The lowest BCUT2D eigenvalue weighted by molar-refractivity contribution is -0.112. The predicted molar refractivity (Wildman–Crippen MR) is 85.2 cm³/mol. The van der Waals surface area contributed by atoms with E-state index in [1.807, 2.05) is 42.5 Å². The van der Waals surface area contributed by atoms with Crippen LogP contribution >= 0.6 is 11.8 Å². The molecule has 106 valence electrons. The van der Waals surface area contributed by atoms with E-state index in [9.17, 15) is 9.59 Å². The lowest BCUT2D eigenvalue weighted by Crippen LogP contribution is -2.37. The number of rotatable bonds is 3. The molecule has 2 aromatic carbocycles. The highest BCUT2D eigenvalue weighted by Crippen LogP contribution is 2.21. The van der Waals surface area contributed by atoms with E-state index in [1.54, 1.807) is 12.1 Å². The molecule has 3 rings (SSSR count). The Morgan fingerprint density at radius 3 is 2.29 bits per heavy atom. The van der Waals surface area contributed by atoms with Crippen LogP contribution in [0.25, 0.3) is 11.1 Å². The molecule has 2 aromatic rings. The van der Waals surface area contributed by atoms with Crippen molar-refractivity contribution in [3.63, 3.8) is 0 Å². The number of carbonyl (C=O) groups excluding carboxylic acids is 2. The summed E-state index contributed by atoms with van der Waals surface area (Å²) in [7, 11) is 0. The molecule has 0 bridgehead atoms. The first-order chi connectivity index (χ1) is 10.2. The molecule has 1 aliphatic rings. The molecule has 21 heavy (non-hydrogen) atoms. The van der Waals surface area contributed by atoms with Gasteiger partial charge in [-0.15, -0.1) is 0 Å². The van der Waals surface area contributed by atoms with Gasteiger partial charge in [-0.3, -0.25) is 9.59 Å². The smallest absolute Gasteiger partial charge is 0.251 e. The van der Waals surface area contributed by atoms with Gasteiger partial charge >= 0.3 is 0 Å². The van der Waals surface area contributed by atoms with Crippen LogP contribution in [0.5, 0.6) is 0 Å². The van der Waals surface area contributed by atoms with Gasteiger partial charge < -0.3 is 5.32 Å². The van der Waals surface area contributed by atoms with Crippen molar-refractivity contribution in [1.29, 1.82) is 0 Å². The largest absolute Gasteiger partial charge is 0.341 e. The molecule has 1 fully saturated rings. The first-order valence-electron chi connectivity index (χ1n) is 6.87. The highest BCUT2D eigenvalue weighted by atomic mass is 32.2. The normalized spacial score (nSPS) is 17.7. The molecule has 0 aromatic heterocycles. The topological polar surface area (TPSA) is 46.2 Å². The van der Waals surface area contributed by atoms with Gasteiger partial charge in [0, 0.05) is 11.3 Å². The minimum absolute atomic E-state index is 0.0595. The Morgan fingerprint density at radius 1 is 1.00 bits per heavy atom. The first-order valence-corrected chi connectivity index (χ1v) is 7.85. The van der Waals surface area contributed by atoms with Gasteiger partial charge in [0.05, 0.1) is 6.04 Å². The number of hydrogen-bond donors (Lipinski definition) is 1. The molecule has 0 unspecified atom stereocenters. The van der Waals surface area contributed by atoms with Crippen molar-refractivity contribution in [2.75, 3.05) is 5.75 Å². The van der Waals surface area contributed by atoms with Crippen LogP contribution < -0.4 is 5.32 Å². The molecule has 0 spiro atoms. The van der Waals surface area contributed by atoms with Crippen molar-refractivity contribution in [2.45, 2.75) is 12.5 Å². The maximum Gasteiger partial charge on any atom is 0.251 e. The Bertz CT molecular complexity index is 652. The molecule has 1 amide bonds. The molecule has 1 N–H and O–H groups in total. The maximum absolute atomic E-state index is 12.1. The molecule has 1 atom stereocenters. The van der Waals surface area contributed by atoms with Crippen molar-refractivity contribution in [1.82, 2.24) is 5.32 Å². The fraction of sp³-hybridized carbons (Fsp3) is 0.176. The second-order valence-electron chi connectivity index (χ2n) is 4.93. The Kier molecular flexibility index (Phi) is 4.06. The van der Waals surface area contributed by atoms with Gasteiger partial charge in [-0.25, -0.2) is 0 Å². The average Bonchev–Trinajstić information content (AvgIpc) is 2.93. The molecule has 4 heteroatoms. The molecule has 1 saturated heterocycles. The molecule has 1 heterocycles. The summed E-state index contributed by atoms with van der Waals surface area (Å²) in [5.74, 6) is 0.604. The summed E-state index contributed by atoms with van der Waals surface area (Å²) in [4.78, 5) is 23.6. The van der Waals surface area contributed by atoms with E-state index in [1.165, 1.54) is 11.8 Å². The monoisotopic (exact) mass is 297 g/mol. The molecule has 0 aliphatic carbocycles. The second kappa shape index (κ2) is 6.14. The number of thioether (sulfide) groups is 1. The van der Waals surface area contributed by atoms with Crippen LogP contribution in [0, 0.1) is 0 Å². The summed E-state index contributed by atoms with van der Waals surface area (Å²) in [6, 6.07) is 17.1. The van der Waals surface area contributed by atoms with Crippen molar-refractivity contribution < 1.29 is 9.59 Å². The number of amides is 1. The summed E-state index contributed by atoms with van der Waals surface area (Å²) in [5.41, 5.74) is 2.77. The lowest BCUT2D eigenvalue weighted by atomic mass is 10.0.